The zero-order valence-electron chi connectivity index (χ0n) is 7.10. The first-order valence-electron chi connectivity index (χ1n) is 3.97. The quantitative estimate of drug-likeness (QED) is 0.574. The van der Waals surface area contributed by atoms with Crippen LogP contribution in [0.3, 0.4) is 0 Å². The second kappa shape index (κ2) is 4.08. The van der Waals surface area contributed by atoms with Crippen molar-refractivity contribution < 1.29 is 19.4 Å². The topological polar surface area (TPSA) is 92.9 Å². The predicted molar refractivity (Wildman–Crippen MR) is 42.7 cm³/mol. The maximum absolute atomic E-state index is 11.1. The molecule has 3 N–H and O–H groups in total. The molecule has 6 heteroatoms. The Labute approximate surface area is 75.3 Å². The number of β-amino-alcohol motifs (C(OH)–C–C–N with tert-alkyl or cyclic N) is 1. The summed E-state index contributed by atoms with van der Waals surface area (Å²) in [5, 5.41) is 9.08. The molecule has 0 saturated carbocycles. The van der Waals surface area contributed by atoms with Gasteiger partial charge in [0, 0.05) is 6.54 Å². The summed E-state index contributed by atoms with van der Waals surface area (Å²) in [6, 6.07) is 0. The summed E-state index contributed by atoms with van der Waals surface area (Å²) in [6.45, 7) is 0.674. The predicted octanol–water partition coefficient (Wildman–Crippen LogP) is -1.33. The van der Waals surface area contributed by atoms with Gasteiger partial charge in [-0.05, 0) is 0 Å². The highest BCUT2D eigenvalue weighted by Crippen LogP contribution is 2.09. The van der Waals surface area contributed by atoms with E-state index in [4.69, 9.17) is 10.8 Å². The van der Waals surface area contributed by atoms with Crippen LogP contribution in [0.1, 0.15) is 6.42 Å². The molecule has 1 atom stereocenters. The Kier molecular flexibility index (Phi) is 3.07. The zero-order chi connectivity index (χ0) is 9.84. The van der Waals surface area contributed by atoms with Gasteiger partial charge in [0.15, 0.2) is 0 Å². The average molecular weight is 188 g/mol. The van der Waals surface area contributed by atoms with E-state index in [2.05, 4.69) is 4.74 Å². The van der Waals surface area contributed by atoms with Crippen molar-refractivity contribution in [1.29, 1.82) is 0 Å². The van der Waals surface area contributed by atoms with Crippen LogP contribution in [0.15, 0.2) is 0 Å². The molecule has 1 unspecified atom stereocenters. The maximum atomic E-state index is 11.1. The van der Waals surface area contributed by atoms with Gasteiger partial charge in [0.2, 0.25) is 5.91 Å². The molecular formula is C7H12N2O4. The molecule has 1 aliphatic rings. The van der Waals surface area contributed by atoms with E-state index in [1.807, 2.05) is 0 Å². The van der Waals surface area contributed by atoms with Crippen LogP contribution in [0, 0.1) is 0 Å². The van der Waals surface area contributed by atoms with E-state index in [-0.39, 0.29) is 18.9 Å². The van der Waals surface area contributed by atoms with E-state index in [0.717, 1.165) is 0 Å². The smallest absolute Gasteiger partial charge is 0.404 e. The van der Waals surface area contributed by atoms with Gasteiger partial charge in [0.1, 0.15) is 6.61 Å². The van der Waals surface area contributed by atoms with Gasteiger partial charge < -0.3 is 20.5 Å². The van der Waals surface area contributed by atoms with Crippen LogP contribution in [0.5, 0.6) is 0 Å². The summed E-state index contributed by atoms with van der Waals surface area (Å²) < 4.78 is 4.45. The van der Waals surface area contributed by atoms with Crippen molar-refractivity contribution in [2.75, 3.05) is 19.7 Å². The third-order valence-electron chi connectivity index (χ3n) is 1.80. The molecule has 0 aromatic heterocycles. The second-order valence-corrected chi connectivity index (χ2v) is 2.87. The van der Waals surface area contributed by atoms with Crippen molar-refractivity contribution in [3.63, 3.8) is 0 Å². The maximum Gasteiger partial charge on any atom is 0.404 e. The number of rotatable bonds is 3. The normalized spacial score (nSPS) is 22.1. The highest BCUT2D eigenvalue weighted by molar-refractivity contribution is 5.79. The van der Waals surface area contributed by atoms with Gasteiger partial charge in [-0.3, -0.25) is 4.79 Å². The van der Waals surface area contributed by atoms with Crippen LogP contribution in [0.2, 0.25) is 0 Å². The van der Waals surface area contributed by atoms with Gasteiger partial charge in [-0.2, -0.15) is 0 Å². The Bertz CT molecular complexity index is 219. The number of ether oxygens (including phenoxy) is 1. The molecule has 0 aromatic carbocycles. The number of likely N-dealkylation sites (tertiary alicyclic amines) is 1. The number of primary amides is 1. The number of hydrogen-bond donors (Lipinski definition) is 2. The van der Waals surface area contributed by atoms with Crippen molar-refractivity contribution >= 4 is 12.0 Å². The summed E-state index contributed by atoms with van der Waals surface area (Å²) in [4.78, 5) is 22.7. The lowest BCUT2D eigenvalue weighted by molar-refractivity contribution is -0.128. The Balaban J connectivity index is 2.22. The first-order valence-corrected chi connectivity index (χ1v) is 3.97. The van der Waals surface area contributed by atoms with Gasteiger partial charge in [-0.15, -0.1) is 0 Å². The lowest BCUT2D eigenvalue weighted by Crippen LogP contribution is -2.31. The van der Waals surface area contributed by atoms with Gasteiger partial charge in [-0.1, -0.05) is 0 Å². The van der Waals surface area contributed by atoms with Crippen LogP contribution in [-0.4, -0.2) is 47.8 Å². The molecule has 13 heavy (non-hydrogen) atoms. The second-order valence-electron chi connectivity index (χ2n) is 2.87. The van der Waals surface area contributed by atoms with Gasteiger partial charge in [0.05, 0.1) is 19.1 Å². The van der Waals surface area contributed by atoms with Crippen molar-refractivity contribution in [3.05, 3.63) is 0 Å². The monoisotopic (exact) mass is 188 g/mol. The van der Waals surface area contributed by atoms with E-state index in [1.165, 1.54) is 4.90 Å². The SMILES string of the molecule is NC(=O)OCCN1CC(O)CC1=O. The van der Waals surface area contributed by atoms with E-state index >= 15 is 0 Å². The summed E-state index contributed by atoms with van der Waals surface area (Å²) in [5.74, 6) is -0.124. The van der Waals surface area contributed by atoms with Gasteiger partial charge >= 0.3 is 6.09 Å². The molecule has 0 spiro atoms. The number of carbonyl (C=O) groups excluding carboxylic acids is 2. The molecule has 0 bridgehead atoms. The fourth-order valence-corrected chi connectivity index (χ4v) is 1.22. The van der Waals surface area contributed by atoms with Crippen molar-refractivity contribution in [2.45, 2.75) is 12.5 Å². The number of hydrogen-bond acceptors (Lipinski definition) is 4. The lowest BCUT2D eigenvalue weighted by atomic mass is 10.3. The number of aliphatic hydroxyl groups is 1. The Morgan fingerprint density at radius 3 is 2.92 bits per heavy atom. The first kappa shape index (κ1) is 9.79. The molecule has 2 amide bonds. The molecule has 1 rings (SSSR count). The number of nitrogens with zero attached hydrogens (tertiary/aromatic N) is 1. The zero-order valence-corrected chi connectivity index (χ0v) is 7.10. The molecule has 1 heterocycles. The van der Waals surface area contributed by atoms with E-state index in [9.17, 15) is 9.59 Å². The number of aliphatic hydroxyl groups excluding tert-OH is 1. The molecular weight excluding hydrogens is 176 g/mol. The largest absolute Gasteiger partial charge is 0.448 e. The van der Waals surface area contributed by atoms with E-state index < -0.39 is 12.2 Å². The molecule has 0 aliphatic carbocycles. The lowest BCUT2D eigenvalue weighted by Gasteiger charge is -2.14. The standard InChI is InChI=1S/C7H12N2O4/c8-7(12)13-2-1-9-4-5(10)3-6(9)11/h5,10H,1-4H2,(H2,8,12). The molecule has 1 saturated heterocycles. The van der Waals surface area contributed by atoms with Crippen LogP contribution in [-0.2, 0) is 9.53 Å². The van der Waals surface area contributed by atoms with Crippen molar-refractivity contribution in [2.24, 2.45) is 5.73 Å². The van der Waals surface area contributed by atoms with Crippen LogP contribution in [0.25, 0.3) is 0 Å². The summed E-state index contributed by atoms with van der Waals surface area (Å²) in [7, 11) is 0. The molecule has 0 radical (unpaired) electrons. The van der Waals surface area contributed by atoms with Crippen LogP contribution < -0.4 is 5.73 Å². The van der Waals surface area contributed by atoms with Gasteiger partial charge in [0.25, 0.3) is 0 Å². The molecule has 0 aromatic rings. The third-order valence-corrected chi connectivity index (χ3v) is 1.80. The molecule has 6 nitrogen and oxygen atoms in total. The Hall–Kier alpha value is -1.30. The summed E-state index contributed by atoms with van der Waals surface area (Å²) in [6.07, 6.45) is -1.30. The Morgan fingerprint density at radius 1 is 1.77 bits per heavy atom. The molecule has 1 aliphatic heterocycles. The fraction of sp³-hybridized carbons (Fsp3) is 0.714. The van der Waals surface area contributed by atoms with Crippen molar-refractivity contribution in [3.8, 4) is 0 Å². The first-order chi connectivity index (χ1) is 6.09. The average Bonchev–Trinajstić information content (AvgIpc) is 2.29. The minimum absolute atomic E-state index is 0.0772. The van der Waals surface area contributed by atoms with E-state index in [1.54, 1.807) is 0 Å². The highest BCUT2D eigenvalue weighted by Gasteiger charge is 2.27. The number of carbonyl (C=O) groups is 2. The number of amides is 2. The fourth-order valence-electron chi connectivity index (χ4n) is 1.22. The number of nitrogens with two attached hydrogens (primary N) is 1. The Morgan fingerprint density at radius 2 is 2.46 bits per heavy atom. The van der Waals surface area contributed by atoms with Crippen LogP contribution >= 0.6 is 0 Å². The minimum atomic E-state index is -0.854. The summed E-state index contributed by atoms with van der Waals surface area (Å²) >= 11 is 0. The minimum Gasteiger partial charge on any atom is -0.448 e. The molecule has 74 valence electrons. The van der Waals surface area contributed by atoms with E-state index in [0.29, 0.717) is 13.1 Å². The third kappa shape index (κ3) is 2.90. The summed E-state index contributed by atoms with van der Waals surface area (Å²) in [5.41, 5.74) is 4.73. The highest BCUT2D eigenvalue weighted by atomic mass is 16.5. The van der Waals surface area contributed by atoms with Gasteiger partial charge in [-0.25, -0.2) is 4.79 Å². The van der Waals surface area contributed by atoms with Crippen molar-refractivity contribution in [1.82, 2.24) is 4.90 Å². The van der Waals surface area contributed by atoms with Crippen LogP contribution in [0.4, 0.5) is 4.79 Å². The molecule has 1 fully saturated rings.